The van der Waals surface area contributed by atoms with Crippen LogP contribution in [0.25, 0.3) is 0 Å². The Morgan fingerprint density at radius 1 is 1.07 bits per heavy atom. The molecule has 3 rings (SSSR count). The molecule has 27 heavy (non-hydrogen) atoms. The molecule has 0 radical (unpaired) electrons. The lowest BCUT2D eigenvalue weighted by molar-refractivity contribution is -0.145. The third-order valence-electron chi connectivity index (χ3n) is 5.36. The molecule has 0 saturated heterocycles. The first kappa shape index (κ1) is 20.2. The van der Waals surface area contributed by atoms with Crippen LogP contribution in [0.1, 0.15) is 69.8 Å². The number of carbonyl (C=O) groups excluding carboxylic acids is 2. The molecular formula is C21H25Cl2NO3. The highest BCUT2D eigenvalue weighted by atomic mass is 35.5. The predicted octanol–water partition coefficient (Wildman–Crippen LogP) is 5.53. The molecule has 6 heteroatoms. The van der Waals surface area contributed by atoms with Crippen LogP contribution < -0.4 is 5.32 Å². The van der Waals surface area contributed by atoms with Crippen LogP contribution in [-0.4, -0.2) is 18.0 Å². The Balaban J connectivity index is 1.88. The van der Waals surface area contributed by atoms with Crippen molar-refractivity contribution in [3.05, 3.63) is 45.1 Å². The van der Waals surface area contributed by atoms with E-state index in [0.29, 0.717) is 26.9 Å². The van der Waals surface area contributed by atoms with Gasteiger partial charge in [-0.1, -0.05) is 48.5 Å². The number of rotatable bonds is 3. The molecule has 1 aromatic rings. The summed E-state index contributed by atoms with van der Waals surface area (Å²) in [4.78, 5) is 25.2. The molecule has 1 amide bonds. The molecule has 1 aromatic carbocycles. The zero-order chi connectivity index (χ0) is 19.4. The second-order valence-corrected chi connectivity index (χ2v) is 8.17. The van der Waals surface area contributed by atoms with Crippen LogP contribution in [0.15, 0.2) is 29.5 Å². The van der Waals surface area contributed by atoms with Crippen molar-refractivity contribution in [2.75, 3.05) is 0 Å². The molecule has 4 nitrogen and oxygen atoms in total. The maximum atomic E-state index is 13.1. The minimum atomic E-state index is -0.499. The molecule has 1 heterocycles. The average Bonchev–Trinajstić information content (AvgIpc) is 2.56. The highest BCUT2D eigenvalue weighted by Gasteiger charge is 2.35. The van der Waals surface area contributed by atoms with E-state index < -0.39 is 5.92 Å². The van der Waals surface area contributed by atoms with Crippen LogP contribution in [0, 0.1) is 0 Å². The van der Waals surface area contributed by atoms with Crippen molar-refractivity contribution in [2.45, 2.75) is 70.3 Å². The summed E-state index contributed by atoms with van der Waals surface area (Å²) in [6.45, 7) is 1.73. The largest absolute Gasteiger partial charge is 0.459 e. The van der Waals surface area contributed by atoms with Gasteiger partial charge in [0, 0.05) is 28.1 Å². The van der Waals surface area contributed by atoms with Gasteiger partial charge in [-0.05, 0) is 50.3 Å². The van der Waals surface area contributed by atoms with Crippen molar-refractivity contribution in [3.8, 4) is 0 Å². The Kier molecular flexibility index (Phi) is 6.83. The van der Waals surface area contributed by atoms with Crippen LogP contribution >= 0.6 is 23.2 Å². The third kappa shape index (κ3) is 4.85. The van der Waals surface area contributed by atoms with E-state index in [1.165, 1.54) is 19.3 Å². The van der Waals surface area contributed by atoms with Crippen molar-refractivity contribution >= 4 is 35.1 Å². The third-order valence-corrected chi connectivity index (χ3v) is 6.02. The number of allylic oxidation sites excluding steroid dienone is 1. The molecule has 0 bridgehead atoms. The Morgan fingerprint density at radius 2 is 1.67 bits per heavy atom. The summed E-state index contributed by atoms with van der Waals surface area (Å²) in [6.07, 6.45) is 7.61. The molecule has 1 saturated carbocycles. The van der Waals surface area contributed by atoms with Crippen LogP contribution in [0.3, 0.4) is 0 Å². The molecule has 2 aliphatic rings. The van der Waals surface area contributed by atoms with Gasteiger partial charge in [-0.25, -0.2) is 4.79 Å². The Bertz CT molecular complexity index is 732. The summed E-state index contributed by atoms with van der Waals surface area (Å²) in [7, 11) is 0. The minimum Gasteiger partial charge on any atom is -0.459 e. The molecular weight excluding hydrogens is 385 g/mol. The lowest BCUT2D eigenvalue weighted by Crippen LogP contribution is -2.35. The van der Waals surface area contributed by atoms with Gasteiger partial charge in [-0.2, -0.15) is 0 Å². The monoisotopic (exact) mass is 409 g/mol. The van der Waals surface area contributed by atoms with Crippen LogP contribution in [-0.2, 0) is 14.3 Å². The number of halogens is 2. The van der Waals surface area contributed by atoms with Gasteiger partial charge in [0.05, 0.1) is 5.57 Å². The SMILES string of the molecule is CC1=C(C(=O)OC2CCCCCCC2)C(c2c(Cl)cccc2Cl)CC(=O)N1. The van der Waals surface area contributed by atoms with Gasteiger partial charge in [0.15, 0.2) is 0 Å². The summed E-state index contributed by atoms with van der Waals surface area (Å²) in [5.41, 5.74) is 1.58. The van der Waals surface area contributed by atoms with Gasteiger partial charge in [0.25, 0.3) is 0 Å². The van der Waals surface area contributed by atoms with E-state index in [1.807, 2.05) is 0 Å². The number of esters is 1. The van der Waals surface area contributed by atoms with Gasteiger partial charge in [-0.15, -0.1) is 0 Å². The fourth-order valence-corrected chi connectivity index (χ4v) is 4.67. The zero-order valence-electron chi connectivity index (χ0n) is 15.5. The van der Waals surface area contributed by atoms with Crippen molar-refractivity contribution in [1.29, 1.82) is 0 Å². The summed E-state index contributed by atoms with van der Waals surface area (Å²) >= 11 is 12.7. The maximum absolute atomic E-state index is 13.1. The minimum absolute atomic E-state index is 0.0712. The normalized spacial score (nSPS) is 22.0. The molecule has 0 spiro atoms. The lowest BCUT2D eigenvalue weighted by Gasteiger charge is -2.29. The van der Waals surface area contributed by atoms with E-state index in [-0.39, 0.29) is 24.4 Å². The Hall–Kier alpha value is -1.52. The van der Waals surface area contributed by atoms with Gasteiger partial charge in [-0.3, -0.25) is 4.79 Å². The second kappa shape index (κ2) is 9.11. The topological polar surface area (TPSA) is 55.4 Å². The molecule has 146 valence electrons. The zero-order valence-corrected chi connectivity index (χ0v) is 17.0. The molecule has 1 N–H and O–H groups in total. The van der Waals surface area contributed by atoms with E-state index in [0.717, 1.165) is 25.7 Å². The summed E-state index contributed by atoms with van der Waals surface area (Å²) in [6, 6.07) is 5.20. The maximum Gasteiger partial charge on any atom is 0.336 e. The number of amides is 1. The number of ether oxygens (including phenoxy) is 1. The highest BCUT2D eigenvalue weighted by Crippen LogP contribution is 2.41. The van der Waals surface area contributed by atoms with Crippen LogP contribution in [0.2, 0.25) is 10.0 Å². The number of hydrogen-bond acceptors (Lipinski definition) is 3. The molecule has 1 fully saturated rings. The fraction of sp³-hybridized carbons (Fsp3) is 0.524. The lowest BCUT2D eigenvalue weighted by atomic mass is 9.84. The molecule has 1 atom stereocenters. The molecule has 0 aromatic heterocycles. The second-order valence-electron chi connectivity index (χ2n) is 7.35. The van der Waals surface area contributed by atoms with E-state index in [4.69, 9.17) is 27.9 Å². The average molecular weight is 410 g/mol. The Labute approximate surface area is 170 Å². The number of carbonyl (C=O) groups is 2. The van der Waals surface area contributed by atoms with Crippen molar-refractivity contribution < 1.29 is 14.3 Å². The summed E-state index contributed by atoms with van der Waals surface area (Å²) in [5.74, 6) is -1.03. The van der Waals surface area contributed by atoms with E-state index in [1.54, 1.807) is 25.1 Å². The first-order chi connectivity index (χ1) is 13.0. The van der Waals surface area contributed by atoms with Gasteiger partial charge in [0.2, 0.25) is 5.91 Å². The molecule has 1 unspecified atom stereocenters. The van der Waals surface area contributed by atoms with Crippen molar-refractivity contribution in [1.82, 2.24) is 5.32 Å². The van der Waals surface area contributed by atoms with Crippen LogP contribution in [0.5, 0.6) is 0 Å². The standard InChI is InChI=1S/C21H25Cl2NO3/c1-13-19(21(26)27-14-8-5-3-2-4-6-9-14)15(12-18(25)24-13)20-16(22)10-7-11-17(20)23/h7,10-11,14-15H,2-6,8-9,12H2,1H3,(H,24,25). The number of nitrogens with one attached hydrogen (secondary N) is 1. The summed E-state index contributed by atoms with van der Waals surface area (Å²) < 4.78 is 5.87. The van der Waals surface area contributed by atoms with Gasteiger partial charge < -0.3 is 10.1 Å². The Morgan fingerprint density at radius 3 is 2.30 bits per heavy atom. The van der Waals surface area contributed by atoms with E-state index >= 15 is 0 Å². The smallest absolute Gasteiger partial charge is 0.336 e. The van der Waals surface area contributed by atoms with E-state index in [2.05, 4.69) is 5.32 Å². The summed E-state index contributed by atoms with van der Waals surface area (Å²) in [5, 5.41) is 3.66. The first-order valence-electron chi connectivity index (χ1n) is 9.63. The fourth-order valence-electron chi connectivity index (χ4n) is 4.01. The van der Waals surface area contributed by atoms with Gasteiger partial charge >= 0.3 is 5.97 Å². The van der Waals surface area contributed by atoms with E-state index in [9.17, 15) is 9.59 Å². The predicted molar refractivity (Wildman–Crippen MR) is 107 cm³/mol. The van der Waals surface area contributed by atoms with Gasteiger partial charge in [0.1, 0.15) is 6.10 Å². The first-order valence-corrected chi connectivity index (χ1v) is 10.4. The highest BCUT2D eigenvalue weighted by molar-refractivity contribution is 6.36. The number of hydrogen-bond donors (Lipinski definition) is 1. The molecule has 1 aliphatic heterocycles. The molecule has 1 aliphatic carbocycles. The quantitative estimate of drug-likeness (QED) is 0.667. The van der Waals surface area contributed by atoms with Crippen LogP contribution in [0.4, 0.5) is 0 Å². The van der Waals surface area contributed by atoms with Crippen molar-refractivity contribution in [3.63, 3.8) is 0 Å². The number of benzene rings is 1. The van der Waals surface area contributed by atoms with Crippen molar-refractivity contribution in [2.24, 2.45) is 0 Å².